The molecular weight excluding hydrogens is 234 g/mol. The van der Waals surface area contributed by atoms with Gasteiger partial charge < -0.3 is 5.73 Å². The maximum Gasteiger partial charge on any atom is 0.280 e. The Bertz CT molecular complexity index is 552. The van der Waals surface area contributed by atoms with Crippen molar-refractivity contribution in [1.82, 2.24) is 15.2 Å². The highest BCUT2D eigenvalue weighted by Gasteiger charge is 2.17. The van der Waals surface area contributed by atoms with Crippen LogP contribution in [0.15, 0.2) is 24.3 Å². The number of nitrogens with zero attached hydrogens (tertiary/aromatic N) is 3. The molecule has 0 bridgehead atoms. The van der Waals surface area contributed by atoms with Crippen LogP contribution in [-0.2, 0) is 6.42 Å². The van der Waals surface area contributed by atoms with Crippen molar-refractivity contribution in [2.45, 2.75) is 12.8 Å². The number of para-hydroxylation sites is 1. The summed E-state index contributed by atoms with van der Waals surface area (Å²) in [5.74, 6) is 1.03. The molecule has 0 aliphatic rings. The van der Waals surface area contributed by atoms with Gasteiger partial charge in [-0.15, -0.1) is 0 Å². The summed E-state index contributed by atoms with van der Waals surface area (Å²) in [6, 6.07) is 6.40. The van der Waals surface area contributed by atoms with Gasteiger partial charge in [-0.3, -0.25) is 15.2 Å². The lowest BCUT2D eigenvalue weighted by molar-refractivity contribution is -0.384. The van der Waals surface area contributed by atoms with Gasteiger partial charge in [-0.05, 0) is 19.0 Å². The molecule has 0 unspecified atom stereocenters. The predicted molar refractivity (Wildman–Crippen MR) is 65.8 cm³/mol. The standard InChI is InChI=1S/C11H13N5O2/c12-7-3-6-10-13-11(15-14-10)8-4-1-2-5-9(8)16(17)18/h1-2,4-5H,3,6-7,12H2,(H,13,14,15). The molecule has 0 spiro atoms. The van der Waals surface area contributed by atoms with E-state index < -0.39 is 4.92 Å². The quantitative estimate of drug-likeness (QED) is 0.610. The van der Waals surface area contributed by atoms with E-state index in [1.165, 1.54) is 6.07 Å². The number of hydrogen-bond acceptors (Lipinski definition) is 5. The number of nitro benzene ring substituents is 1. The minimum atomic E-state index is -0.439. The fourth-order valence-corrected chi connectivity index (χ4v) is 1.62. The molecule has 1 aromatic heterocycles. The second-order valence-electron chi connectivity index (χ2n) is 3.77. The molecule has 7 heteroatoms. The van der Waals surface area contributed by atoms with Crippen molar-refractivity contribution in [2.75, 3.05) is 6.54 Å². The van der Waals surface area contributed by atoms with Crippen molar-refractivity contribution in [3.05, 3.63) is 40.2 Å². The van der Waals surface area contributed by atoms with E-state index in [0.717, 1.165) is 6.42 Å². The third-order valence-electron chi connectivity index (χ3n) is 2.49. The highest BCUT2D eigenvalue weighted by Crippen LogP contribution is 2.26. The number of nitrogens with one attached hydrogen (secondary N) is 1. The Morgan fingerprint density at radius 3 is 2.89 bits per heavy atom. The lowest BCUT2D eigenvalue weighted by Crippen LogP contribution is -2.01. The fraction of sp³-hybridized carbons (Fsp3) is 0.273. The molecule has 0 fully saturated rings. The Morgan fingerprint density at radius 2 is 2.17 bits per heavy atom. The smallest absolute Gasteiger partial charge is 0.280 e. The van der Waals surface area contributed by atoms with Gasteiger partial charge >= 0.3 is 0 Å². The van der Waals surface area contributed by atoms with Crippen molar-refractivity contribution in [3.8, 4) is 11.4 Å². The van der Waals surface area contributed by atoms with Crippen LogP contribution in [0.1, 0.15) is 12.2 Å². The van der Waals surface area contributed by atoms with Crippen molar-refractivity contribution >= 4 is 5.69 Å². The lowest BCUT2D eigenvalue weighted by atomic mass is 10.2. The Hall–Kier alpha value is -2.28. The van der Waals surface area contributed by atoms with Crippen LogP contribution in [0.5, 0.6) is 0 Å². The molecule has 0 aliphatic heterocycles. The molecule has 0 aliphatic carbocycles. The number of hydrogen-bond donors (Lipinski definition) is 2. The Labute approximate surface area is 103 Å². The first kappa shape index (κ1) is 12.2. The van der Waals surface area contributed by atoms with Gasteiger partial charge in [0.25, 0.3) is 5.69 Å². The average molecular weight is 247 g/mol. The van der Waals surface area contributed by atoms with Crippen LogP contribution in [0.25, 0.3) is 11.4 Å². The van der Waals surface area contributed by atoms with Gasteiger partial charge in [-0.2, -0.15) is 5.10 Å². The third kappa shape index (κ3) is 2.51. The molecule has 0 radical (unpaired) electrons. The van der Waals surface area contributed by atoms with Crippen LogP contribution in [-0.4, -0.2) is 26.6 Å². The zero-order chi connectivity index (χ0) is 13.0. The van der Waals surface area contributed by atoms with Gasteiger partial charge in [0.2, 0.25) is 0 Å². The largest absolute Gasteiger partial charge is 0.330 e. The number of benzene rings is 1. The molecular formula is C11H13N5O2. The van der Waals surface area contributed by atoms with Crippen LogP contribution in [0.2, 0.25) is 0 Å². The Kier molecular flexibility index (Phi) is 3.63. The highest BCUT2D eigenvalue weighted by atomic mass is 16.6. The van der Waals surface area contributed by atoms with E-state index in [0.29, 0.717) is 30.2 Å². The van der Waals surface area contributed by atoms with E-state index in [9.17, 15) is 10.1 Å². The van der Waals surface area contributed by atoms with E-state index in [2.05, 4.69) is 15.2 Å². The summed E-state index contributed by atoms with van der Waals surface area (Å²) in [5, 5.41) is 17.7. The number of rotatable bonds is 5. The molecule has 18 heavy (non-hydrogen) atoms. The predicted octanol–water partition coefficient (Wildman–Crippen LogP) is 1.27. The van der Waals surface area contributed by atoms with E-state index in [1.54, 1.807) is 18.2 Å². The molecule has 0 saturated heterocycles. The minimum Gasteiger partial charge on any atom is -0.330 e. The maximum atomic E-state index is 10.9. The van der Waals surface area contributed by atoms with Crippen molar-refractivity contribution in [1.29, 1.82) is 0 Å². The topological polar surface area (TPSA) is 111 Å². The number of nitrogens with two attached hydrogens (primary N) is 1. The van der Waals surface area contributed by atoms with Gasteiger partial charge in [0.15, 0.2) is 5.82 Å². The molecule has 2 aromatic rings. The van der Waals surface area contributed by atoms with Crippen molar-refractivity contribution < 1.29 is 4.92 Å². The lowest BCUT2D eigenvalue weighted by Gasteiger charge is -1.97. The summed E-state index contributed by atoms with van der Waals surface area (Å²) >= 11 is 0. The average Bonchev–Trinajstić information content (AvgIpc) is 2.85. The minimum absolute atomic E-state index is 0.00174. The SMILES string of the molecule is NCCCc1nc(-c2ccccc2[N+](=O)[O-])n[nH]1. The normalized spacial score (nSPS) is 10.5. The summed E-state index contributed by atoms with van der Waals surface area (Å²) in [5.41, 5.74) is 5.82. The van der Waals surface area contributed by atoms with E-state index in [1.807, 2.05) is 0 Å². The van der Waals surface area contributed by atoms with Gasteiger partial charge in [-0.25, -0.2) is 4.98 Å². The highest BCUT2D eigenvalue weighted by molar-refractivity contribution is 5.67. The van der Waals surface area contributed by atoms with Crippen LogP contribution in [0.3, 0.4) is 0 Å². The summed E-state index contributed by atoms with van der Waals surface area (Å²) in [6.45, 7) is 0.571. The van der Waals surface area contributed by atoms with Crippen LogP contribution in [0.4, 0.5) is 5.69 Å². The van der Waals surface area contributed by atoms with E-state index in [-0.39, 0.29) is 5.69 Å². The van der Waals surface area contributed by atoms with Gasteiger partial charge in [0.05, 0.1) is 10.5 Å². The van der Waals surface area contributed by atoms with E-state index in [4.69, 9.17) is 5.73 Å². The molecule has 94 valence electrons. The van der Waals surface area contributed by atoms with Gasteiger partial charge in [0.1, 0.15) is 5.82 Å². The first-order chi connectivity index (χ1) is 8.72. The zero-order valence-corrected chi connectivity index (χ0v) is 9.67. The monoisotopic (exact) mass is 247 g/mol. The maximum absolute atomic E-state index is 10.9. The molecule has 3 N–H and O–H groups in total. The second-order valence-corrected chi connectivity index (χ2v) is 3.77. The van der Waals surface area contributed by atoms with Crippen LogP contribution < -0.4 is 5.73 Å². The summed E-state index contributed by atoms with van der Waals surface area (Å²) in [6.07, 6.45) is 1.48. The Balaban J connectivity index is 2.31. The molecule has 1 heterocycles. The van der Waals surface area contributed by atoms with Crippen LogP contribution >= 0.6 is 0 Å². The van der Waals surface area contributed by atoms with Crippen LogP contribution in [0, 0.1) is 10.1 Å². The van der Waals surface area contributed by atoms with Crippen molar-refractivity contribution in [2.24, 2.45) is 5.73 Å². The summed E-state index contributed by atoms with van der Waals surface area (Å²) in [4.78, 5) is 14.7. The summed E-state index contributed by atoms with van der Waals surface area (Å²) in [7, 11) is 0. The summed E-state index contributed by atoms with van der Waals surface area (Å²) < 4.78 is 0. The number of aromatic nitrogens is 3. The molecule has 2 rings (SSSR count). The number of H-pyrrole nitrogens is 1. The molecule has 0 saturated carbocycles. The third-order valence-corrected chi connectivity index (χ3v) is 2.49. The zero-order valence-electron chi connectivity index (χ0n) is 9.67. The van der Waals surface area contributed by atoms with Crippen molar-refractivity contribution in [3.63, 3.8) is 0 Å². The van der Waals surface area contributed by atoms with Gasteiger partial charge in [0, 0.05) is 12.5 Å². The fourth-order valence-electron chi connectivity index (χ4n) is 1.62. The second kappa shape index (κ2) is 5.37. The first-order valence-corrected chi connectivity index (χ1v) is 5.57. The molecule has 0 atom stereocenters. The number of nitro groups is 1. The molecule has 0 amide bonds. The first-order valence-electron chi connectivity index (χ1n) is 5.57. The van der Waals surface area contributed by atoms with E-state index >= 15 is 0 Å². The molecule has 7 nitrogen and oxygen atoms in total. The van der Waals surface area contributed by atoms with Gasteiger partial charge in [-0.1, -0.05) is 12.1 Å². The Morgan fingerprint density at radius 1 is 1.39 bits per heavy atom. The number of aromatic amines is 1. The number of aryl methyl sites for hydroxylation is 1. The molecule has 1 aromatic carbocycles.